The summed E-state index contributed by atoms with van der Waals surface area (Å²) in [6, 6.07) is 5.38. The number of aromatic nitrogens is 2. The van der Waals surface area contributed by atoms with Gasteiger partial charge in [0.1, 0.15) is 0 Å². The molecule has 1 aliphatic heterocycles. The van der Waals surface area contributed by atoms with Crippen molar-refractivity contribution in [2.24, 2.45) is 0 Å². The number of amides is 2. The summed E-state index contributed by atoms with van der Waals surface area (Å²) >= 11 is 12.2. The number of carbonyl (C=O) groups excluding carboxylic acids is 2. The lowest BCUT2D eigenvalue weighted by Crippen LogP contribution is -2.49. The largest absolute Gasteiger partial charge is 0.352 e. The molecule has 0 saturated carbocycles. The van der Waals surface area contributed by atoms with E-state index in [1.165, 1.54) is 0 Å². The van der Waals surface area contributed by atoms with E-state index in [1.807, 2.05) is 31.7 Å². The molecule has 1 aromatic carbocycles. The zero-order chi connectivity index (χ0) is 21.1. The molecule has 1 atom stereocenters. The molecule has 1 saturated heterocycles. The molecular formula is C21H26Cl2N4O2. The molecule has 1 aromatic heterocycles. The molecular weight excluding hydrogens is 411 g/mol. The van der Waals surface area contributed by atoms with E-state index in [4.69, 9.17) is 23.2 Å². The van der Waals surface area contributed by atoms with Gasteiger partial charge < -0.3 is 10.2 Å². The molecule has 0 aliphatic carbocycles. The van der Waals surface area contributed by atoms with Gasteiger partial charge in [0.15, 0.2) is 0 Å². The SMILES string of the molecule is CCC(=O)NC1CCCN(C(=O)Cc2c(C)nn(-c3ccc(Cl)c(Cl)c3)c2C)C1. The van der Waals surface area contributed by atoms with Crippen LogP contribution < -0.4 is 5.32 Å². The first-order chi connectivity index (χ1) is 13.8. The number of benzene rings is 1. The van der Waals surface area contributed by atoms with Crippen LogP contribution in [-0.4, -0.2) is 45.6 Å². The molecule has 29 heavy (non-hydrogen) atoms. The van der Waals surface area contributed by atoms with Crippen LogP contribution in [0.5, 0.6) is 0 Å². The molecule has 3 rings (SSSR count). The van der Waals surface area contributed by atoms with Crippen molar-refractivity contribution < 1.29 is 9.59 Å². The Morgan fingerprint density at radius 3 is 2.69 bits per heavy atom. The van der Waals surface area contributed by atoms with Gasteiger partial charge in [0, 0.05) is 36.8 Å². The maximum absolute atomic E-state index is 13.0. The monoisotopic (exact) mass is 436 g/mol. The van der Waals surface area contributed by atoms with Crippen LogP contribution in [0, 0.1) is 13.8 Å². The van der Waals surface area contributed by atoms with E-state index in [0.717, 1.165) is 42.0 Å². The van der Waals surface area contributed by atoms with Gasteiger partial charge in [-0.1, -0.05) is 30.1 Å². The number of nitrogens with zero attached hydrogens (tertiary/aromatic N) is 3. The Kier molecular flexibility index (Phi) is 6.85. The van der Waals surface area contributed by atoms with Crippen LogP contribution in [0.4, 0.5) is 0 Å². The molecule has 0 spiro atoms. The van der Waals surface area contributed by atoms with Crippen molar-refractivity contribution in [2.75, 3.05) is 13.1 Å². The number of nitrogens with one attached hydrogen (secondary N) is 1. The average Bonchev–Trinajstić information content (AvgIpc) is 2.98. The maximum atomic E-state index is 13.0. The second kappa shape index (κ2) is 9.18. The molecule has 1 fully saturated rings. The molecule has 2 aromatic rings. The first-order valence-corrected chi connectivity index (χ1v) is 10.6. The highest BCUT2D eigenvalue weighted by Crippen LogP contribution is 2.26. The first-order valence-electron chi connectivity index (χ1n) is 9.87. The number of piperidine rings is 1. The van der Waals surface area contributed by atoms with Crippen LogP contribution in [0.3, 0.4) is 0 Å². The standard InChI is InChI=1S/C21H26Cl2N4O2/c1-4-20(28)24-15-6-5-9-26(12-15)21(29)11-17-13(2)25-27(14(17)3)16-7-8-18(22)19(23)10-16/h7-8,10,15H,4-6,9,11-12H2,1-3H3,(H,24,28). The van der Waals surface area contributed by atoms with Gasteiger partial charge >= 0.3 is 0 Å². The van der Waals surface area contributed by atoms with E-state index < -0.39 is 0 Å². The molecule has 8 heteroatoms. The van der Waals surface area contributed by atoms with Gasteiger partial charge in [0.25, 0.3) is 0 Å². The Morgan fingerprint density at radius 2 is 2.00 bits per heavy atom. The molecule has 1 unspecified atom stereocenters. The maximum Gasteiger partial charge on any atom is 0.227 e. The summed E-state index contributed by atoms with van der Waals surface area (Å²) in [5, 5.41) is 8.55. The van der Waals surface area contributed by atoms with Crippen molar-refractivity contribution in [1.82, 2.24) is 20.0 Å². The highest BCUT2D eigenvalue weighted by Gasteiger charge is 2.26. The molecule has 6 nitrogen and oxygen atoms in total. The van der Waals surface area contributed by atoms with Crippen LogP contribution in [0.1, 0.15) is 43.1 Å². The summed E-state index contributed by atoms with van der Waals surface area (Å²) < 4.78 is 1.79. The Morgan fingerprint density at radius 1 is 1.24 bits per heavy atom. The van der Waals surface area contributed by atoms with Crippen LogP contribution in [-0.2, 0) is 16.0 Å². The van der Waals surface area contributed by atoms with Gasteiger partial charge in [-0.2, -0.15) is 5.10 Å². The van der Waals surface area contributed by atoms with Crippen LogP contribution in [0.15, 0.2) is 18.2 Å². The number of carbonyl (C=O) groups is 2. The van der Waals surface area contributed by atoms with Gasteiger partial charge in [-0.25, -0.2) is 4.68 Å². The summed E-state index contributed by atoms with van der Waals surface area (Å²) in [5.74, 6) is 0.0826. The lowest BCUT2D eigenvalue weighted by atomic mass is 10.0. The minimum atomic E-state index is 0.0267. The Hall–Kier alpha value is -2.05. The van der Waals surface area contributed by atoms with Crippen molar-refractivity contribution in [3.05, 3.63) is 45.2 Å². The van der Waals surface area contributed by atoms with Crippen molar-refractivity contribution in [3.63, 3.8) is 0 Å². The lowest BCUT2D eigenvalue weighted by Gasteiger charge is -2.33. The molecule has 2 amide bonds. The number of halogens is 2. The van der Waals surface area contributed by atoms with E-state index in [9.17, 15) is 9.59 Å². The minimum Gasteiger partial charge on any atom is -0.352 e. The highest BCUT2D eigenvalue weighted by molar-refractivity contribution is 6.42. The third-order valence-corrected chi connectivity index (χ3v) is 6.12. The number of aryl methyl sites for hydroxylation is 1. The van der Waals surface area contributed by atoms with E-state index in [1.54, 1.807) is 16.8 Å². The molecule has 1 aliphatic rings. The fraction of sp³-hybridized carbons (Fsp3) is 0.476. The molecule has 0 bridgehead atoms. The smallest absolute Gasteiger partial charge is 0.227 e. The normalized spacial score (nSPS) is 16.7. The van der Waals surface area contributed by atoms with Crippen molar-refractivity contribution in [1.29, 1.82) is 0 Å². The molecule has 0 radical (unpaired) electrons. The van der Waals surface area contributed by atoms with E-state index in [0.29, 0.717) is 23.0 Å². The Balaban J connectivity index is 1.74. The fourth-order valence-electron chi connectivity index (χ4n) is 3.71. The minimum absolute atomic E-state index is 0.0267. The predicted octanol–water partition coefficient (Wildman–Crippen LogP) is 3.86. The van der Waals surface area contributed by atoms with Crippen LogP contribution in [0.25, 0.3) is 5.69 Å². The molecule has 2 heterocycles. The third-order valence-electron chi connectivity index (χ3n) is 5.38. The Bertz CT molecular complexity index is 926. The number of hydrogen-bond donors (Lipinski definition) is 1. The van der Waals surface area contributed by atoms with Crippen LogP contribution in [0.2, 0.25) is 10.0 Å². The predicted molar refractivity (Wildman–Crippen MR) is 115 cm³/mol. The molecule has 1 N–H and O–H groups in total. The summed E-state index contributed by atoms with van der Waals surface area (Å²) in [6.07, 6.45) is 2.54. The number of hydrogen-bond acceptors (Lipinski definition) is 3. The van der Waals surface area contributed by atoms with Gasteiger partial charge in [-0.3, -0.25) is 9.59 Å². The van der Waals surface area contributed by atoms with Crippen molar-refractivity contribution in [2.45, 2.75) is 52.5 Å². The third kappa shape index (κ3) is 4.93. The van der Waals surface area contributed by atoms with Gasteiger partial charge in [-0.05, 0) is 44.9 Å². The Labute approximate surface area is 181 Å². The topological polar surface area (TPSA) is 67.2 Å². The zero-order valence-corrected chi connectivity index (χ0v) is 18.5. The van der Waals surface area contributed by atoms with E-state index >= 15 is 0 Å². The van der Waals surface area contributed by atoms with Crippen molar-refractivity contribution in [3.8, 4) is 5.69 Å². The van der Waals surface area contributed by atoms with E-state index in [-0.39, 0.29) is 24.3 Å². The summed E-state index contributed by atoms with van der Waals surface area (Å²) in [7, 11) is 0. The van der Waals surface area contributed by atoms with Crippen LogP contribution >= 0.6 is 23.2 Å². The zero-order valence-electron chi connectivity index (χ0n) is 17.0. The van der Waals surface area contributed by atoms with E-state index in [2.05, 4.69) is 10.4 Å². The second-order valence-electron chi connectivity index (χ2n) is 7.44. The summed E-state index contributed by atoms with van der Waals surface area (Å²) in [6.45, 7) is 6.97. The van der Waals surface area contributed by atoms with Gasteiger partial charge in [0.2, 0.25) is 11.8 Å². The number of rotatable bonds is 5. The quantitative estimate of drug-likeness (QED) is 0.773. The summed E-state index contributed by atoms with van der Waals surface area (Å²) in [5.41, 5.74) is 3.44. The second-order valence-corrected chi connectivity index (χ2v) is 8.25. The molecule has 156 valence electrons. The fourth-order valence-corrected chi connectivity index (χ4v) is 4.01. The van der Waals surface area contributed by atoms with Gasteiger partial charge in [-0.15, -0.1) is 0 Å². The number of likely N-dealkylation sites (tertiary alicyclic amines) is 1. The first kappa shape index (κ1) is 21.7. The summed E-state index contributed by atoms with van der Waals surface area (Å²) in [4.78, 5) is 26.5. The lowest BCUT2D eigenvalue weighted by molar-refractivity contribution is -0.133. The highest BCUT2D eigenvalue weighted by atomic mass is 35.5. The van der Waals surface area contributed by atoms with Gasteiger partial charge in [0.05, 0.1) is 27.8 Å². The van der Waals surface area contributed by atoms with Crippen molar-refractivity contribution >= 4 is 35.0 Å². The average molecular weight is 437 g/mol.